The molecule has 0 aliphatic rings. The minimum Gasteiger partial charge on any atom is -0.306 e. The largest absolute Gasteiger partial charge is 0.306 e. The number of hydrogen-bond donors (Lipinski definition) is 1. The highest BCUT2D eigenvalue weighted by Gasteiger charge is 2.17. The van der Waals surface area contributed by atoms with Crippen LogP contribution >= 0.6 is 22.9 Å². The zero-order valence-electron chi connectivity index (χ0n) is 11.3. The van der Waals surface area contributed by atoms with E-state index in [2.05, 4.69) is 48.0 Å². The molecule has 0 saturated heterocycles. The van der Waals surface area contributed by atoms with E-state index in [0.717, 1.165) is 11.6 Å². The van der Waals surface area contributed by atoms with E-state index in [4.69, 9.17) is 11.6 Å². The molecule has 1 aromatic heterocycles. The molecule has 1 N–H and O–H groups in total. The summed E-state index contributed by atoms with van der Waals surface area (Å²) < 4.78 is 1.33. The number of thiophene rings is 1. The Hall–Kier alpha value is -1.35. The maximum Gasteiger partial charge on any atom is 0.0591 e. The fourth-order valence-corrected chi connectivity index (χ4v) is 3.71. The van der Waals surface area contributed by atoms with Gasteiger partial charge in [0.1, 0.15) is 0 Å². The molecule has 0 saturated carbocycles. The van der Waals surface area contributed by atoms with E-state index in [1.165, 1.54) is 21.2 Å². The summed E-state index contributed by atoms with van der Waals surface area (Å²) >= 11 is 7.94. The second-order valence-corrected chi connectivity index (χ2v) is 6.08. The Bertz CT molecular complexity index is 720. The third kappa shape index (κ3) is 2.59. The third-order valence-electron chi connectivity index (χ3n) is 3.41. The van der Waals surface area contributed by atoms with E-state index in [-0.39, 0.29) is 6.04 Å². The molecule has 102 valence electrons. The van der Waals surface area contributed by atoms with Gasteiger partial charge in [0.05, 0.1) is 6.04 Å². The summed E-state index contributed by atoms with van der Waals surface area (Å²) in [6.07, 6.45) is 0. The Labute approximate surface area is 128 Å². The molecule has 0 spiro atoms. The van der Waals surface area contributed by atoms with Gasteiger partial charge in [-0.15, -0.1) is 11.3 Å². The van der Waals surface area contributed by atoms with Crippen molar-refractivity contribution >= 4 is 33.0 Å². The number of hydrogen-bond acceptors (Lipinski definition) is 2. The quantitative estimate of drug-likeness (QED) is 0.693. The van der Waals surface area contributed by atoms with E-state index in [1.54, 1.807) is 11.3 Å². The highest BCUT2D eigenvalue weighted by molar-refractivity contribution is 7.17. The first-order chi connectivity index (χ1) is 9.79. The van der Waals surface area contributed by atoms with Crippen molar-refractivity contribution in [3.05, 3.63) is 70.1 Å². The Kier molecular flexibility index (Phi) is 4.06. The molecule has 1 atom stereocenters. The number of fused-ring (bicyclic) bond motifs is 1. The van der Waals surface area contributed by atoms with E-state index < -0.39 is 0 Å². The van der Waals surface area contributed by atoms with Crippen LogP contribution in [0.3, 0.4) is 0 Å². The van der Waals surface area contributed by atoms with Crippen LogP contribution in [-0.4, -0.2) is 6.54 Å². The Morgan fingerprint density at radius 2 is 2.00 bits per heavy atom. The Morgan fingerprint density at radius 3 is 2.80 bits per heavy atom. The second kappa shape index (κ2) is 5.96. The van der Waals surface area contributed by atoms with E-state index in [0.29, 0.717) is 0 Å². The number of benzene rings is 2. The molecule has 3 aromatic rings. The van der Waals surface area contributed by atoms with Crippen LogP contribution in [-0.2, 0) is 0 Å². The average Bonchev–Trinajstić information content (AvgIpc) is 2.88. The standard InChI is InChI=1S/C17H16ClNS/c1-2-19-17(12-6-5-7-13(18)10-12)15-11-20-16-9-4-3-8-14(15)16/h3-11,17,19H,2H2,1H3. The fourth-order valence-electron chi connectivity index (χ4n) is 2.52. The lowest BCUT2D eigenvalue weighted by molar-refractivity contribution is 0.636. The van der Waals surface area contributed by atoms with Gasteiger partial charge in [-0.1, -0.05) is 48.9 Å². The summed E-state index contributed by atoms with van der Waals surface area (Å²) in [6, 6.07) is 16.8. The minimum absolute atomic E-state index is 0.190. The maximum atomic E-state index is 6.14. The lowest BCUT2D eigenvalue weighted by Gasteiger charge is -2.18. The molecular weight excluding hydrogens is 286 g/mol. The topological polar surface area (TPSA) is 12.0 Å². The molecular formula is C17H16ClNS. The fraction of sp³-hybridized carbons (Fsp3) is 0.176. The minimum atomic E-state index is 0.190. The lowest BCUT2D eigenvalue weighted by Crippen LogP contribution is -2.21. The summed E-state index contributed by atoms with van der Waals surface area (Å²) in [5, 5.41) is 7.92. The van der Waals surface area contributed by atoms with Gasteiger partial charge in [-0.05, 0) is 46.6 Å². The lowest BCUT2D eigenvalue weighted by atomic mass is 9.98. The molecule has 0 radical (unpaired) electrons. The predicted molar refractivity (Wildman–Crippen MR) is 88.8 cm³/mol. The molecule has 0 amide bonds. The monoisotopic (exact) mass is 301 g/mol. The molecule has 1 unspecified atom stereocenters. The van der Waals surface area contributed by atoms with Crippen LogP contribution in [0.1, 0.15) is 24.1 Å². The molecule has 1 heterocycles. The van der Waals surface area contributed by atoms with Crippen molar-refractivity contribution in [2.45, 2.75) is 13.0 Å². The summed E-state index contributed by atoms with van der Waals surface area (Å²) in [6.45, 7) is 3.05. The predicted octanol–water partition coefficient (Wildman–Crippen LogP) is 5.25. The first-order valence-electron chi connectivity index (χ1n) is 6.74. The summed E-state index contributed by atoms with van der Waals surface area (Å²) in [5.74, 6) is 0. The molecule has 1 nitrogen and oxygen atoms in total. The zero-order valence-corrected chi connectivity index (χ0v) is 12.8. The van der Waals surface area contributed by atoms with Crippen LogP contribution in [0.5, 0.6) is 0 Å². The molecule has 20 heavy (non-hydrogen) atoms. The molecule has 2 aromatic carbocycles. The third-order valence-corrected chi connectivity index (χ3v) is 4.63. The molecule has 0 aliphatic carbocycles. The van der Waals surface area contributed by atoms with Crippen molar-refractivity contribution in [2.24, 2.45) is 0 Å². The van der Waals surface area contributed by atoms with Crippen molar-refractivity contribution in [3.63, 3.8) is 0 Å². The van der Waals surface area contributed by atoms with Crippen molar-refractivity contribution < 1.29 is 0 Å². The van der Waals surface area contributed by atoms with Gasteiger partial charge < -0.3 is 5.32 Å². The van der Waals surface area contributed by atoms with Gasteiger partial charge in [0.15, 0.2) is 0 Å². The zero-order chi connectivity index (χ0) is 13.9. The van der Waals surface area contributed by atoms with Gasteiger partial charge in [0.25, 0.3) is 0 Å². The number of rotatable bonds is 4. The van der Waals surface area contributed by atoms with E-state index in [1.807, 2.05) is 18.2 Å². The maximum absolute atomic E-state index is 6.14. The van der Waals surface area contributed by atoms with Crippen LogP contribution in [0.4, 0.5) is 0 Å². The van der Waals surface area contributed by atoms with Crippen molar-refractivity contribution in [3.8, 4) is 0 Å². The molecule has 3 rings (SSSR count). The SMILES string of the molecule is CCNC(c1cccc(Cl)c1)c1csc2ccccc12. The Balaban J connectivity index is 2.11. The van der Waals surface area contributed by atoms with Crippen molar-refractivity contribution in [1.29, 1.82) is 0 Å². The van der Waals surface area contributed by atoms with Crippen LogP contribution in [0.15, 0.2) is 53.9 Å². The molecule has 3 heteroatoms. The molecule has 0 aliphatic heterocycles. The second-order valence-electron chi connectivity index (χ2n) is 4.73. The van der Waals surface area contributed by atoms with Gasteiger partial charge in [-0.25, -0.2) is 0 Å². The first kappa shape index (κ1) is 13.6. The van der Waals surface area contributed by atoms with Crippen molar-refractivity contribution in [2.75, 3.05) is 6.54 Å². The van der Waals surface area contributed by atoms with Crippen LogP contribution < -0.4 is 5.32 Å². The van der Waals surface area contributed by atoms with Crippen LogP contribution in [0.25, 0.3) is 10.1 Å². The highest BCUT2D eigenvalue weighted by Crippen LogP contribution is 2.34. The van der Waals surface area contributed by atoms with Crippen LogP contribution in [0.2, 0.25) is 5.02 Å². The van der Waals surface area contributed by atoms with E-state index in [9.17, 15) is 0 Å². The average molecular weight is 302 g/mol. The van der Waals surface area contributed by atoms with Gasteiger partial charge in [0.2, 0.25) is 0 Å². The molecule has 0 bridgehead atoms. The van der Waals surface area contributed by atoms with Gasteiger partial charge >= 0.3 is 0 Å². The van der Waals surface area contributed by atoms with E-state index >= 15 is 0 Å². The summed E-state index contributed by atoms with van der Waals surface area (Å²) in [5.41, 5.74) is 2.54. The van der Waals surface area contributed by atoms with Crippen LogP contribution in [0, 0.1) is 0 Å². The van der Waals surface area contributed by atoms with Crippen molar-refractivity contribution in [1.82, 2.24) is 5.32 Å². The first-order valence-corrected chi connectivity index (χ1v) is 8.00. The van der Waals surface area contributed by atoms with Gasteiger partial charge in [-0.3, -0.25) is 0 Å². The number of nitrogens with one attached hydrogen (secondary N) is 1. The highest BCUT2D eigenvalue weighted by atomic mass is 35.5. The van der Waals surface area contributed by atoms with Gasteiger partial charge in [-0.2, -0.15) is 0 Å². The Morgan fingerprint density at radius 1 is 1.15 bits per heavy atom. The summed E-state index contributed by atoms with van der Waals surface area (Å²) in [4.78, 5) is 0. The smallest absolute Gasteiger partial charge is 0.0591 e. The number of halogens is 1. The normalized spacial score (nSPS) is 12.7. The summed E-state index contributed by atoms with van der Waals surface area (Å²) in [7, 11) is 0. The van der Waals surface area contributed by atoms with Gasteiger partial charge in [0, 0.05) is 9.72 Å². The molecule has 0 fully saturated rings.